The average Bonchev–Trinajstić information content (AvgIpc) is 2.73. The molecule has 86 valence electrons. The van der Waals surface area contributed by atoms with Crippen LogP contribution in [0.15, 0.2) is 18.2 Å². The molecular weight excluding hydrogens is 206 g/mol. The third-order valence-electron chi connectivity index (χ3n) is 2.55. The third-order valence-corrected chi connectivity index (χ3v) is 2.55. The highest BCUT2D eigenvalue weighted by Crippen LogP contribution is 2.12. The summed E-state index contributed by atoms with van der Waals surface area (Å²) in [4.78, 5) is 15.2. The maximum absolute atomic E-state index is 11.0. The second kappa shape index (κ2) is 4.83. The minimum atomic E-state index is 0.130. The van der Waals surface area contributed by atoms with Crippen molar-refractivity contribution in [3.63, 3.8) is 0 Å². The van der Waals surface area contributed by atoms with Crippen LogP contribution in [0.2, 0.25) is 0 Å². The third kappa shape index (κ3) is 2.62. The number of pyridine rings is 1. The zero-order valence-corrected chi connectivity index (χ0v) is 9.19. The largest absolute Gasteiger partial charge is 0.481 e. The van der Waals surface area contributed by atoms with E-state index in [1.807, 2.05) is 12.1 Å². The Morgan fingerprint density at radius 3 is 3.19 bits per heavy atom. The topological polar surface area (TPSA) is 63.2 Å². The predicted octanol–water partition coefficient (Wildman–Crippen LogP) is 0.781. The molecule has 0 aromatic carbocycles. The Morgan fingerprint density at radius 1 is 1.62 bits per heavy atom. The number of nitrogens with one attached hydrogen (secondary N) is 2. The number of carbonyl (C=O) groups excluding carboxylic acids is 1. The number of hydrogen-bond acceptors (Lipinski definition) is 4. The highest BCUT2D eigenvalue weighted by Gasteiger charge is 2.20. The Hall–Kier alpha value is -1.78. The van der Waals surface area contributed by atoms with Gasteiger partial charge in [0.05, 0.1) is 7.11 Å². The number of ether oxygens (including phenoxy) is 1. The molecule has 1 amide bonds. The molecule has 0 bridgehead atoms. The fourth-order valence-corrected chi connectivity index (χ4v) is 1.69. The highest BCUT2D eigenvalue weighted by atomic mass is 16.5. The quantitative estimate of drug-likeness (QED) is 0.788. The standard InChI is InChI=1S/C11H15N3O2/c1-16-11-4-2-3-9(14-11)12-7-8-5-6-10(15)13-8/h2-4,8H,5-7H2,1H3,(H,12,14)(H,13,15). The summed E-state index contributed by atoms with van der Waals surface area (Å²) in [5, 5.41) is 6.07. The fourth-order valence-electron chi connectivity index (χ4n) is 1.69. The van der Waals surface area contributed by atoms with E-state index < -0.39 is 0 Å². The number of anilines is 1. The van der Waals surface area contributed by atoms with Gasteiger partial charge in [0.2, 0.25) is 11.8 Å². The lowest BCUT2D eigenvalue weighted by Gasteiger charge is -2.12. The van der Waals surface area contributed by atoms with E-state index in [2.05, 4.69) is 15.6 Å². The first kappa shape index (κ1) is 10.7. The van der Waals surface area contributed by atoms with Crippen molar-refractivity contribution in [1.82, 2.24) is 10.3 Å². The van der Waals surface area contributed by atoms with E-state index >= 15 is 0 Å². The summed E-state index contributed by atoms with van der Waals surface area (Å²) in [5.74, 6) is 1.48. The van der Waals surface area contributed by atoms with Crippen molar-refractivity contribution in [1.29, 1.82) is 0 Å². The molecule has 1 saturated heterocycles. The molecule has 1 aromatic heterocycles. The molecule has 5 heteroatoms. The molecular formula is C11H15N3O2. The lowest BCUT2D eigenvalue weighted by molar-refractivity contribution is -0.119. The van der Waals surface area contributed by atoms with Gasteiger partial charge >= 0.3 is 0 Å². The minimum absolute atomic E-state index is 0.130. The van der Waals surface area contributed by atoms with Gasteiger partial charge < -0.3 is 15.4 Å². The van der Waals surface area contributed by atoms with Gasteiger partial charge in [-0.05, 0) is 12.5 Å². The fraction of sp³-hybridized carbons (Fsp3) is 0.455. The van der Waals surface area contributed by atoms with Crippen LogP contribution < -0.4 is 15.4 Å². The monoisotopic (exact) mass is 221 g/mol. The van der Waals surface area contributed by atoms with Crippen LogP contribution in [0.5, 0.6) is 5.88 Å². The summed E-state index contributed by atoms with van der Waals surface area (Å²) < 4.78 is 5.02. The van der Waals surface area contributed by atoms with E-state index in [0.29, 0.717) is 18.8 Å². The first-order valence-corrected chi connectivity index (χ1v) is 5.32. The summed E-state index contributed by atoms with van der Waals surface area (Å²) in [6.07, 6.45) is 1.51. The zero-order chi connectivity index (χ0) is 11.4. The molecule has 2 rings (SSSR count). The molecule has 0 spiro atoms. The summed E-state index contributed by atoms with van der Waals surface area (Å²) >= 11 is 0. The van der Waals surface area contributed by atoms with Crippen LogP contribution in [0.3, 0.4) is 0 Å². The number of amides is 1. The van der Waals surface area contributed by atoms with Crippen LogP contribution in [0.1, 0.15) is 12.8 Å². The molecule has 2 heterocycles. The lowest BCUT2D eigenvalue weighted by atomic mass is 10.2. The van der Waals surface area contributed by atoms with Crippen LogP contribution in [0.4, 0.5) is 5.82 Å². The number of hydrogen-bond donors (Lipinski definition) is 2. The number of nitrogens with zero attached hydrogens (tertiary/aromatic N) is 1. The van der Waals surface area contributed by atoms with Crippen LogP contribution in [0, 0.1) is 0 Å². The van der Waals surface area contributed by atoms with Crippen molar-refractivity contribution in [3.8, 4) is 5.88 Å². The Labute approximate surface area is 94.2 Å². The van der Waals surface area contributed by atoms with Crippen molar-refractivity contribution >= 4 is 11.7 Å². The number of rotatable bonds is 4. The number of aromatic nitrogens is 1. The molecule has 0 saturated carbocycles. The van der Waals surface area contributed by atoms with Gasteiger partial charge in [0.25, 0.3) is 0 Å². The van der Waals surface area contributed by atoms with Crippen LogP contribution in [-0.4, -0.2) is 30.6 Å². The second-order valence-electron chi connectivity index (χ2n) is 3.75. The van der Waals surface area contributed by atoms with Gasteiger partial charge in [-0.1, -0.05) is 6.07 Å². The molecule has 0 aliphatic carbocycles. The molecule has 1 aliphatic rings. The molecule has 1 aliphatic heterocycles. The van der Waals surface area contributed by atoms with E-state index in [0.717, 1.165) is 12.2 Å². The molecule has 1 aromatic rings. The maximum Gasteiger partial charge on any atom is 0.220 e. The molecule has 1 atom stereocenters. The van der Waals surface area contributed by atoms with E-state index in [1.165, 1.54) is 0 Å². The normalized spacial score (nSPS) is 19.3. The average molecular weight is 221 g/mol. The van der Waals surface area contributed by atoms with E-state index in [4.69, 9.17) is 4.74 Å². The van der Waals surface area contributed by atoms with Gasteiger partial charge in [-0.3, -0.25) is 4.79 Å². The second-order valence-corrected chi connectivity index (χ2v) is 3.75. The Kier molecular flexibility index (Phi) is 3.24. The zero-order valence-electron chi connectivity index (χ0n) is 9.19. The molecule has 1 fully saturated rings. The molecule has 2 N–H and O–H groups in total. The number of methoxy groups -OCH3 is 1. The van der Waals surface area contributed by atoms with Crippen molar-refractivity contribution in [2.45, 2.75) is 18.9 Å². The Balaban J connectivity index is 1.87. The SMILES string of the molecule is COc1cccc(NCC2CCC(=O)N2)n1. The summed E-state index contributed by atoms with van der Waals surface area (Å²) in [5.41, 5.74) is 0. The highest BCUT2D eigenvalue weighted by molar-refractivity contribution is 5.78. The van der Waals surface area contributed by atoms with Crippen molar-refractivity contribution < 1.29 is 9.53 Å². The van der Waals surface area contributed by atoms with Gasteiger partial charge in [0.1, 0.15) is 5.82 Å². The van der Waals surface area contributed by atoms with E-state index in [-0.39, 0.29) is 11.9 Å². The van der Waals surface area contributed by atoms with E-state index in [1.54, 1.807) is 13.2 Å². The van der Waals surface area contributed by atoms with Crippen molar-refractivity contribution in [2.75, 3.05) is 19.0 Å². The molecule has 16 heavy (non-hydrogen) atoms. The lowest BCUT2D eigenvalue weighted by Crippen LogP contribution is -2.31. The first-order chi connectivity index (χ1) is 7.78. The van der Waals surface area contributed by atoms with Crippen molar-refractivity contribution in [2.24, 2.45) is 0 Å². The van der Waals surface area contributed by atoms with Crippen LogP contribution >= 0.6 is 0 Å². The van der Waals surface area contributed by atoms with E-state index in [9.17, 15) is 4.79 Å². The molecule has 1 unspecified atom stereocenters. The number of carbonyl (C=O) groups is 1. The van der Waals surface area contributed by atoms with Crippen molar-refractivity contribution in [3.05, 3.63) is 18.2 Å². The van der Waals surface area contributed by atoms with Gasteiger partial charge in [-0.15, -0.1) is 0 Å². The maximum atomic E-state index is 11.0. The van der Waals surface area contributed by atoms with Crippen LogP contribution in [-0.2, 0) is 4.79 Å². The summed E-state index contributed by atoms with van der Waals surface area (Å²) in [7, 11) is 1.59. The smallest absolute Gasteiger partial charge is 0.220 e. The molecule has 5 nitrogen and oxygen atoms in total. The van der Waals surface area contributed by atoms with Crippen LogP contribution in [0.25, 0.3) is 0 Å². The first-order valence-electron chi connectivity index (χ1n) is 5.32. The van der Waals surface area contributed by atoms with Gasteiger partial charge in [0.15, 0.2) is 0 Å². The van der Waals surface area contributed by atoms with Gasteiger partial charge in [-0.2, -0.15) is 4.98 Å². The summed E-state index contributed by atoms with van der Waals surface area (Å²) in [6.45, 7) is 0.700. The predicted molar refractivity (Wildman–Crippen MR) is 60.4 cm³/mol. The van der Waals surface area contributed by atoms with Gasteiger partial charge in [-0.25, -0.2) is 0 Å². The molecule has 0 radical (unpaired) electrons. The van der Waals surface area contributed by atoms with Gasteiger partial charge in [0, 0.05) is 25.1 Å². The Bertz CT molecular complexity index is 381. The Morgan fingerprint density at radius 2 is 2.50 bits per heavy atom. The summed E-state index contributed by atoms with van der Waals surface area (Å²) in [6, 6.07) is 5.75. The minimum Gasteiger partial charge on any atom is -0.481 e.